The van der Waals surface area contributed by atoms with E-state index in [9.17, 15) is 4.79 Å². The largest absolute Gasteiger partial charge is 0.369 e. The molecule has 0 aliphatic carbocycles. The monoisotopic (exact) mass is 387 g/mol. The number of amides is 1. The molecule has 2 aromatic carbocycles. The predicted molar refractivity (Wildman–Crippen MR) is 118 cm³/mol. The van der Waals surface area contributed by atoms with Gasteiger partial charge in [0, 0.05) is 43.5 Å². The van der Waals surface area contributed by atoms with Gasteiger partial charge in [-0.15, -0.1) is 0 Å². The van der Waals surface area contributed by atoms with E-state index in [-0.39, 0.29) is 5.91 Å². The minimum Gasteiger partial charge on any atom is -0.369 e. The molecule has 1 aliphatic rings. The maximum absolute atomic E-state index is 12.5. The Bertz CT molecular complexity index is 970. The predicted octanol–water partition coefficient (Wildman–Crippen LogP) is 3.58. The van der Waals surface area contributed by atoms with Crippen LogP contribution in [0.25, 0.3) is 12.2 Å². The minimum atomic E-state index is -0.167. The summed E-state index contributed by atoms with van der Waals surface area (Å²) in [7, 11) is 2.14. The molecule has 1 saturated heterocycles. The zero-order valence-corrected chi connectivity index (χ0v) is 16.5. The topological polar surface area (TPSA) is 64.3 Å². The van der Waals surface area contributed by atoms with Crippen LogP contribution < -0.4 is 10.2 Å². The van der Waals surface area contributed by atoms with Crippen molar-refractivity contribution in [3.8, 4) is 0 Å². The van der Waals surface area contributed by atoms with Gasteiger partial charge in [-0.25, -0.2) is 0 Å². The van der Waals surface area contributed by atoms with E-state index < -0.39 is 0 Å². The van der Waals surface area contributed by atoms with Crippen LogP contribution in [-0.2, 0) is 0 Å². The standard InChI is InChI=1S/C23H25N5O/c1-27-13-15-28(16-14-27)21-11-8-19(9-12-21)23(29)24-22-17-20(25-26-22)10-7-18-5-3-2-4-6-18/h2-12,17H,13-16H2,1H3,(H2,24,25,26,29). The van der Waals surface area contributed by atoms with E-state index in [0.717, 1.165) is 43.1 Å². The SMILES string of the molecule is CN1CCN(c2ccc(C(=O)Nc3cc(C=Cc4ccccc4)[nH]n3)cc2)CC1. The van der Waals surface area contributed by atoms with E-state index in [2.05, 4.69) is 32.4 Å². The molecule has 1 amide bonds. The third kappa shape index (κ3) is 4.92. The van der Waals surface area contributed by atoms with Gasteiger partial charge in [0.1, 0.15) is 0 Å². The molecule has 29 heavy (non-hydrogen) atoms. The van der Waals surface area contributed by atoms with Crippen molar-refractivity contribution in [2.75, 3.05) is 43.4 Å². The van der Waals surface area contributed by atoms with E-state index in [1.807, 2.05) is 72.8 Å². The third-order valence-corrected chi connectivity index (χ3v) is 5.09. The van der Waals surface area contributed by atoms with Crippen molar-refractivity contribution in [3.05, 3.63) is 77.5 Å². The lowest BCUT2D eigenvalue weighted by molar-refractivity contribution is 0.102. The Morgan fingerprint density at radius 1 is 1.00 bits per heavy atom. The number of nitrogens with zero attached hydrogens (tertiary/aromatic N) is 3. The molecule has 0 spiro atoms. The number of H-pyrrole nitrogens is 1. The van der Waals surface area contributed by atoms with E-state index in [1.165, 1.54) is 0 Å². The maximum atomic E-state index is 12.5. The van der Waals surface area contributed by atoms with Gasteiger partial charge < -0.3 is 15.1 Å². The number of piperazine rings is 1. The normalized spacial score (nSPS) is 15.0. The first-order valence-corrected chi connectivity index (χ1v) is 9.81. The Balaban J connectivity index is 1.36. The summed E-state index contributed by atoms with van der Waals surface area (Å²) in [6, 6.07) is 19.6. The first-order chi connectivity index (χ1) is 14.2. The molecule has 1 fully saturated rings. The van der Waals surface area contributed by atoms with Crippen LogP contribution in [0.4, 0.5) is 11.5 Å². The van der Waals surface area contributed by atoms with Crippen molar-refractivity contribution in [1.29, 1.82) is 0 Å². The van der Waals surface area contributed by atoms with Gasteiger partial charge >= 0.3 is 0 Å². The van der Waals surface area contributed by atoms with Gasteiger partial charge in [0.25, 0.3) is 5.91 Å². The van der Waals surface area contributed by atoms with Gasteiger partial charge in [-0.3, -0.25) is 9.89 Å². The van der Waals surface area contributed by atoms with Crippen LogP contribution in [0.1, 0.15) is 21.6 Å². The van der Waals surface area contributed by atoms with Crippen molar-refractivity contribution in [2.45, 2.75) is 0 Å². The average molecular weight is 387 g/mol. The molecule has 1 aromatic heterocycles. The van der Waals surface area contributed by atoms with E-state index in [1.54, 1.807) is 0 Å². The fourth-order valence-corrected chi connectivity index (χ4v) is 3.31. The number of carbonyl (C=O) groups excluding carboxylic acids is 1. The summed E-state index contributed by atoms with van der Waals surface area (Å²) in [5.74, 6) is 0.339. The van der Waals surface area contributed by atoms with Crippen molar-refractivity contribution in [3.63, 3.8) is 0 Å². The number of hydrogen-bond donors (Lipinski definition) is 2. The molecular formula is C23H25N5O. The van der Waals surface area contributed by atoms with Gasteiger partial charge in [-0.05, 0) is 43.0 Å². The summed E-state index contributed by atoms with van der Waals surface area (Å²) >= 11 is 0. The fraction of sp³-hybridized carbons (Fsp3) is 0.217. The number of aromatic amines is 1. The van der Waals surface area contributed by atoms with Gasteiger partial charge in [-0.1, -0.05) is 36.4 Å². The molecule has 2 N–H and O–H groups in total. The molecule has 1 aliphatic heterocycles. The number of hydrogen-bond acceptors (Lipinski definition) is 4. The van der Waals surface area contributed by atoms with Gasteiger partial charge in [-0.2, -0.15) is 5.10 Å². The highest BCUT2D eigenvalue weighted by Crippen LogP contribution is 2.18. The molecule has 3 aromatic rings. The summed E-state index contributed by atoms with van der Waals surface area (Å²) in [5.41, 5.74) is 3.71. The summed E-state index contributed by atoms with van der Waals surface area (Å²) in [6.07, 6.45) is 3.93. The molecule has 0 bridgehead atoms. The maximum Gasteiger partial charge on any atom is 0.256 e. The lowest BCUT2D eigenvalue weighted by Gasteiger charge is -2.34. The number of rotatable bonds is 5. The molecular weight excluding hydrogens is 362 g/mol. The number of benzene rings is 2. The molecule has 2 heterocycles. The van der Waals surface area contributed by atoms with Crippen LogP contribution in [0.3, 0.4) is 0 Å². The Hall–Kier alpha value is -3.38. The molecule has 6 heteroatoms. The molecule has 148 valence electrons. The van der Waals surface area contributed by atoms with Crippen LogP contribution in [0, 0.1) is 0 Å². The number of aromatic nitrogens is 2. The second-order valence-electron chi connectivity index (χ2n) is 7.24. The molecule has 6 nitrogen and oxygen atoms in total. The quantitative estimate of drug-likeness (QED) is 0.702. The van der Waals surface area contributed by atoms with Gasteiger partial charge in [0.15, 0.2) is 5.82 Å². The fourth-order valence-electron chi connectivity index (χ4n) is 3.31. The van der Waals surface area contributed by atoms with Crippen LogP contribution in [0.2, 0.25) is 0 Å². The molecule has 0 unspecified atom stereocenters. The van der Waals surface area contributed by atoms with Crippen LogP contribution >= 0.6 is 0 Å². The number of carbonyl (C=O) groups is 1. The van der Waals surface area contributed by atoms with Crippen LogP contribution in [-0.4, -0.2) is 54.2 Å². The Morgan fingerprint density at radius 2 is 1.72 bits per heavy atom. The van der Waals surface area contributed by atoms with Gasteiger partial charge in [0.05, 0.1) is 5.69 Å². The number of nitrogens with one attached hydrogen (secondary N) is 2. The number of anilines is 2. The van der Waals surface area contributed by atoms with Crippen molar-refractivity contribution in [1.82, 2.24) is 15.1 Å². The first-order valence-electron chi connectivity index (χ1n) is 9.81. The summed E-state index contributed by atoms with van der Waals surface area (Å²) in [5, 5.41) is 9.94. The minimum absolute atomic E-state index is 0.167. The second-order valence-corrected chi connectivity index (χ2v) is 7.24. The highest BCUT2D eigenvalue weighted by molar-refractivity contribution is 6.04. The summed E-state index contributed by atoms with van der Waals surface area (Å²) < 4.78 is 0. The van der Waals surface area contributed by atoms with E-state index in [0.29, 0.717) is 11.4 Å². The van der Waals surface area contributed by atoms with Crippen molar-refractivity contribution in [2.24, 2.45) is 0 Å². The van der Waals surface area contributed by atoms with E-state index in [4.69, 9.17) is 0 Å². The summed E-state index contributed by atoms with van der Waals surface area (Å²) in [6.45, 7) is 4.13. The Kier molecular flexibility index (Phi) is 5.72. The van der Waals surface area contributed by atoms with Crippen LogP contribution in [0.5, 0.6) is 0 Å². The zero-order chi connectivity index (χ0) is 20.1. The lowest BCUT2D eigenvalue weighted by atomic mass is 10.1. The molecule has 0 radical (unpaired) electrons. The molecule has 0 saturated carbocycles. The number of likely N-dealkylation sites (N-methyl/N-ethyl adjacent to an activating group) is 1. The molecule has 0 atom stereocenters. The summed E-state index contributed by atoms with van der Waals surface area (Å²) in [4.78, 5) is 17.2. The van der Waals surface area contributed by atoms with Gasteiger partial charge in [0.2, 0.25) is 0 Å². The highest BCUT2D eigenvalue weighted by atomic mass is 16.1. The van der Waals surface area contributed by atoms with Crippen LogP contribution in [0.15, 0.2) is 60.7 Å². The molecule has 4 rings (SSSR count). The Morgan fingerprint density at radius 3 is 2.45 bits per heavy atom. The smallest absolute Gasteiger partial charge is 0.256 e. The lowest BCUT2D eigenvalue weighted by Crippen LogP contribution is -2.44. The van der Waals surface area contributed by atoms with Crippen molar-refractivity contribution >= 4 is 29.6 Å². The second kappa shape index (κ2) is 8.75. The van der Waals surface area contributed by atoms with Crippen molar-refractivity contribution < 1.29 is 4.79 Å². The third-order valence-electron chi connectivity index (χ3n) is 5.09. The highest BCUT2D eigenvalue weighted by Gasteiger charge is 2.15. The average Bonchev–Trinajstić information content (AvgIpc) is 3.21. The zero-order valence-electron chi connectivity index (χ0n) is 16.5. The van der Waals surface area contributed by atoms with E-state index >= 15 is 0 Å². The Labute approximate surface area is 170 Å². The first kappa shape index (κ1) is 19.0.